The van der Waals surface area contributed by atoms with Crippen LogP contribution in [-0.2, 0) is 14.6 Å². The van der Waals surface area contributed by atoms with Crippen LogP contribution in [0.1, 0.15) is 29.1 Å². The SMILES string of the molecule is CCN(CC)C(=O)CS(=O)(=O)c1ccc(Nc2nc(N)c(C(=O)c3c(Cl)cccc3Cl)s2)cc1. The summed E-state index contributed by atoms with van der Waals surface area (Å²) in [5.74, 6) is -1.47. The number of hydrogen-bond donors (Lipinski definition) is 2. The van der Waals surface area contributed by atoms with Crippen LogP contribution in [-0.4, -0.2) is 48.8 Å². The first kappa shape index (κ1) is 26.0. The Hall–Kier alpha value is -2.66. The number of benzene rings is 2. The number of nitrogens with one attached hydrogen (secondary N) is 1. The fraction of sp³-hybridized carbons (Fsp3) is 0.227. The number of amides is 1. The average molecular weight is 541 g/mol. The van der Waals surface area contributed by atoms with Gasteiger partial charge in [-0.1, -0.05) is 40.6 Å². The third-order valence-corrected chi connectivity index (χ3v) is 8.18. The van der Waals surface area contributed by atoms with Gasteiger partial charge in [-0.25, -0.2) is 13.4 Å². The number of sulfone groups is 1. The first-order valence-corrected chi connectivity index (χ1v) is 13.4. The zero-order valence-corrected chi connectivity index (χ0v) is 21.5. The van der Waals surface area contributed by atoms with Gasteiger partial charge in [0.05, 0.1) is 20.5 Å². The highest BCUT2D eigenvalue weighted by molar-refractivity contribution is 7.92. The molecule has 0 radical (unpaired) electrons. The van der Waals surface area contributed by atoms with Gasteiger partial charge >= 0.3 is 0 Å². The zero-order valence-electron chi connectivity index (χ0n) is 18.3. The monoisotopic (exact) mass is 540 g/mol. The summed E-state index contributed by atoms with van der Waals surface area (Å²) < 4.78 is 25.2. The second-order valence-corrected chi connectivity index (χ2v) is 10.9. The largest absolute Gasteiger partial charge is 0.382 e. The van der Waals surface area contributed by atoms with Crippen LogP contribution in [0.5, 0.6) is 0 Å². The minimum Gasteiger partial charge on any atom is -0.382 e. The molecule has 0 atom stereocenters. The molecule has 0 saturated carbocycles. The third-order valence-electron chi connectivity index (χ3n) is 4.94. The molecule has 0 fully saturated rings. The van der Waals surface area contributed by atoms with Crippen molar-refractivity contribution >= 4 is 72.7 Å². The van der Waals surface area contributed by atoms with Gasteiger partial charge in [0.25, 0.3) is 0 Å². The summed E-state index contributed by atoms with van der Waals surface area (Å²) in [5, 5.41) is 3.74. The Morgan fingerprint density at radius 1 is 1.06 bits per heavy atom. The summed E-state index contributed by atoms with van der Waals surface area (Å²) in [6.45, 7) is 4.47. The fourth-order valence-corrected chi connectivity index (χ4v) is 5.80. The summed E-state index contributed by atoms with van der Waals surface area (Å²) in [6, 6.07) is 10.6. The number of carbonyl (C=O) groups excluding carboxylic acids is 2. The number of nitrogens with two attached hydrogens (primary N) is 1. The molecule has 0 aliphatic rings. The standard InChI is InChI=1S/C22H22Cl2N4O4S2/c1-3-28(4-2)17(29)12-34(31,32)14-10-8-13(9-11-14)26-22-27-21(25)20(33-22)19(30)18-15(23)6-5-7-16(18)24/h5-11H,3-4,12,25H2,1-2H3,(H,26,27). The van der Waals surface area contributed by atoms with Crippen LogP contribution >= 0.6 is 34.5 Å². The zero-order chi connectivity index (χ0) is 25.0. The predicted octanol–water partition coefficient (Wildman–Crippen LogP) is 4.65. The van der Waals surface area contributed by atoms with Crippen molar-refractivity contribution in [2.45, 2.75) is 18.7 Å². The van der Waals surface area contributed by atoms with Crippen molar-refractivity contribution in [1.29, 1.82) is 0 Å². The van der Waals surface area contributed by atoms with E-state index in [0.717, 1.165) is 11.3 Å². The maximum atomic E-state index is 12.9. The van der Waals surface area contributed by atoms with Gasteiger partial charge in [0.15, 0.2) is 15.0 Å². The smallest absolute Gasteiger partial charge is 0.238 e. The lowest BCUT2D eigenvalue weighted by Gasteiger charge is -2.18. The molecule has 3 aromatic rings. The third kappa shape index (κ3) is 5.69. The van der Waals surface area contributed by atoms with Crippen LogP contribution in [0.25, 0.3) is 0 Å². The van der Waals surface area contributed by atoms with Crippen molar-refractivity contribution in [3.63, 3.8) is 0 Å². The molecule has 1 aromatic heterocycles. The van der Waals surface area contributed by atoms with Crippen LogP contribution in [0, 0.1) is 0 Å². The normalized spacial score (nSPS) is 11.3. The molecule has 8 nitrogen and oxygen atoms in total. The second kappa shape index (κ2) is 10.7. The van der Waals surface area contributed by atoms with Gasteiger partial charge in [-0.15, -0.1) is 0 Å². The second-order valence-electron chi connectivity index (χ2n) is 7.13. The molecule has 0 aliphatic carbocycles. The van der Waals surface area contributed by atoms with E-state index in [1.807, 2.05) is 0 Å². The first-order chi connectivity index (χ1) is 16.1. The lowest BCUT2D eigenvalue weighted by atomic mass is 10.1. The molecule has 34 heavy (non-hydrogen) atoms. The summed E-state index contributed by atoms with van der Waals surface area (Å²) in [5.41, 5.74) is 6.61. The van der Waals surface area contributed by atoms with Crippen molar-refractivity contribution in [2.24, 2.45) is 0 Å². The average Bonchev–Trinajstić information content (AvgIpc) is 3.14. The summed E-state index contributed by atoms with van der Waals surface area (Å²) in [6.07, 6.45) is 0. The Labute approximate surface area is 211 Å². The molecule has 0 unspecified atom stereocenters. The maximum Gasteiger partial charge on any atom is 0.238 e. The number of thiazole rings is 1. The van der Waals surface area contributed by atoms with Gasteiger partial charge in [-0.3, -0.25) is 9.59 Å². The molecule has 1 heterocycles. The predicted molar refractivity (Wildman–Crippen MR) is 136 cm³/mol. The van der Waals surface area contributed by atoms with E-state index >= 15 is 0 Å². The number of nitrogens with zero attached hydrogens (tertiary/aromatic N) is 2. The van der Waals surface area contributed by atoms with Crippen LogP contribution < -0.4 is 11.1 Å². The molecule has 0 aliphatic heterocycles. The first-order valence-electron chi connectivity index (χ1n) is 10.2. The van der Waals surface area contributed by atoms with E-state index in [0.29, 0.717) is 23.9 Å². The van der Waals surface area contributed by atoms with Gasteiger partial charge in [-0.05, 0) is 50.2 Å². The molecular weight excluding hydrogens is 519 g/mol. The highest BCUT2D eigenvalue weighted by Gasteiger charge is 2.24. The minimum absolute atomic E-state index is 0.0163. The molecular formula is C22H22Cl2N4O4S2. The van der Waals surface area contributed by atoms with Gasteiger partial charge in [-0.2, -0.15) is 0 Å². The van der Waals surface area contributed by atoms with E-state index in [9.17, 15) is 18.0 Å². The van der Waals surface area contributed by atoms with Crippen molar-refractivity contribution in [1.82, 2.24) is 9.88 Å². The number of carbonyl (C=O) groups is 2. The Balaban J connectivity index is 1.76. The molecule has 1 amide bonds. The summed E-state index contributed by atoms with van der Waals surface area (Å²) >= 11 is 13.3. The van der Waals surface area contributed by atoms with E-state index in [1.165, 1.54) is 17.0 Å². The summed E-state index contributed by atoms with van der Waals surface area (Å²) in [4.78, 5) is 31.0. The number of aromatic nitrogens is 1. The van der Waals surface area contributed by atoms with Gasteiger partial charge in [0.2, 0.25) is 11.7 Å². The van der Waals surface area contributed by atoms with E-state index < -0.39 is 27.3 Å². The van der Waals surface area contributed by atoms with E-state index in [-0.39, 0.29) is 31.2 Å². The highest BCUT2D eigenvalue weighted by atomic mass is 35.5. The lowest BCUT2D eigenvalue weighted by molar-refractivity contribution is -0.128. The number of anilines is 3. The molecule has 0 bridgehead atoms. The molecule has 180 valence electrons. The quantitative estimate of drug-likeness (QED) is 0.378. The van der Waals surface area contributed by atoms with Gasteiger partial charge in [0, 0.05) is 18.8 Å². The highest BCUT2D eigenvalue weighted by Crippen LogP contribution is 2.34. The molecule has 12 heteroatoms. The van der Waals surface area contributed by atoms with E-state index in [2.05, 4.69) is 10.3 Å². The van der Waals surface area contributed by atoms with Crippen molar-refractivity contribution in [3.8, 4) is 0 Å². The van der Waals surface area contributed by atoms with Crippen molar-refractivity contribution in [2.75, 3.05) is 29.9 Å². The van der Waals surface area contributed by atoms with Gasteiger partial charge < -0.3 is 16.0 Å². The number of ketones is 1. The Morgan fingerprint density at radius 2 is 1.65 bits per heavy atom. The number of halogens is 2. The van der Waals surface area contributed by atoms with E-state index in [1.54, 1.807) is 44.2 Å². The lowest BCUT2D eigenvalue weighted by Crippen LogP contribution is -2.35. The topological polar surface area (TPSA) is 122 Å². The van der Waals surface area contributed by atoms with Crippen LogP contribution in [0.3, 0.4) is 0 Å². The number of nitrogen functional groups attached to an aromatic ring is 1. The summed E-state index contributed by atoms with van der Waals surface area (Å²) in [7, 11) is -3.79. The Morgan fingerprint density at radius 3 is 2.21 bits per heavy atom. The molecule has 2 aromatic carbocycles. The van der Waals surface area contributed by atoms with Crippen LogP contribution in [0.2, 0.25) is 10.0 Å². The molecule has 0 spiro atoms. The molecule has 0 saturated heterocycles. The van der Waals surface area contributed by atoms with E-state index in [4.69, 9.17) is 28.9 Å². The van der Waals surface area contributed by atoms with Crippen LogP contribution in [0.4, 0.5) is 16.6 Å². The van der Waals surface area contributed by atoms with Crippen molar-refractivity contribution < 1.29 is 18.0 Å². The maximum absolute atomic E-state index is 12.9. The Kier molecular flexibility index (Phi) is 8.19. The minimum atomic E-state index is -3.79. The fourth-order valence-electron chi connectivity index (χ4n) is 3.16. The molecule has 3 rings (SSSR count). The Bertz CT molecular complexity index is 1300. The number of rotatable bonds is 9. The van der Waals surface area contributed by atoms with Crippen molar-refractivity contribution in [3.05, 3.63) is 63.0 Å². The number of hydrogen-bond acceptors (Lipinski definition) is 8. The van der Waals surface area contributed by atoms with Gasteiger partial charge in [0.1, 0.15) is 16.4 Å². The van der Waals surface area contributed by atoms with Crippen LogP contribution in [0.15, 0.2) is 47.4 Å². The molecule has 3 N–H and O–H groups in total.